The van der Waals surface area contributed by atoms with E-state index in [1.807, 2.05) is 12.1 Å². The summed E-state index contributed by atoms with van der Waals surface area (Å²) in [6.07, 6.45) is 5.21. The van der Waals surface area contributed by atoms with E-state index in [9.17, 15) is 8.42 Å². The number of aromatic nitrogens is 2. The minimum Gasteiger partial charge on any atom is -0.494 e. The molecule has 0 radical (unpaired) electrons. The maximum atomic E-state index is 12.9. The van der Waals surface area contributed by atoms with Crippen LogP contribution in [0, 0.1) is 0 Å². The van der Waals surface area contributed by atoms with Crippen molar-refractivity contribution in [1.29, 1.82) is 0 Å². The van der Waals surface area contributed by atoms with Crippen LogP contribution in [-0.2, 0) is 10.0 Å². The zero-order valence-electron chi connectivity index (χ0n) is 25.5. The Bertz CT molecular complexity index is 1570. The van der Waals surface area contributed by atoms with Crippen LogP contribution in [0.15, 0.2) is 48.7 Å². The van der Waals surface area contributed by atoms with Crippen LogP contribution < -0.4 is 24.6 Å². The van der Waals surface area contributed by atoms with Gasteiger partial charge in [0.15, 0.2) is 5.82 Å². The molecule has 3 fully saturated rings. The Hall–Kier alpha value is -3.32. The molecule has 1 saturated carbocycles. The molecule has 1 aromatic heterocycles. The monoisotopic (exact) mass is 640 g/mol. The van der Waals surface area contributed by atoms with Crippen molar-refractivity contribution in [2.45, 2.75) is 37.0 Å². The number of nitrogens with one attached hydrogen (secondary N) is 2. The first kappa shape index (κ1) is 30.7. The molecule has 0 unspecified atom stereocenters. The maximum Gasteiger partial charge on any atom is 0.237 e. The molecule has 0 spiro atoms. The van der Waals surface area contributed by atoms with E-state index in [2.05, 4.69) is 54.5 Å². The molecule has 44 heavy (non-hydrogen) atoms. The number of anilines is 6. The second-order valence-corrected chi connectivity index (χ2v) is 14.5. The lowest BCUT2D eigenvalue weighted by atomic mass is 10.0. The molecule has 3 aliphatic rings. The first-order valence-corrected chi connectivity index (χ1v) is 17.1. The van der Waals surface area contributed by atoms with Gasteiger partial charge in [0.1, 0.15) is 10.8 Å². The van der Waals surface area contributed by atoms with Crippen LogP contribution in [0.4, 0.5) is 34.5 Å². The average molecular weight is 641 g/mol. The molecule has 3 aromatic rings. The van der Waals surface area contributed by atoms with Crippen molar-refractivity contribution in [3.8, 4) is 5.75 Å². The number of piperidine rings is 1. The van der Waals surface area contributed by atoms with Crippen molar-refractivity contribution in [2.24, 2.45) is 0 Å². The van der Waals surface area contributed by atoms with Crippen molar-refractivity contribution in [3.63, 3.8) is 0 Å². The fourth-order valence-electron chi connectivity index (χ4n) is 6.00. The van der Waals surface area contributed by atoms with Gasteiger partial charge in [-0.3, -0.25) is 9.21 Å². The molecule has 0 atom stereocenters. The number of benzene rings is 2. The van der Waals surface area contributed by atoms with Gasteiger partial charge in [-0.2, -0.15) is 4.98 Å². The van der Waals surface area contributed by atoms with Gasteiger partial charge in [0.25, 0.3) is 0 Å². The summed E-state index contributed by atoms with van der Waals surface area (Å²) in [5.41, 5.74) is 2.95. The van der Waals surface area contributed by atoms with Crippen LogP contribution in [0.1, 0.15) is 25.7 Å². The number of halogens is 1. The minimum absolute atomic E-state index is 0.306. The van der Waals surface area contributed by atoms with E-state index in [-0.39, 0.29) is 5.25 Å². The van der Waals surface area contributed by atoms with Crippen molar-refractivity contribution in [3.05, 3.63) is 53.7 Å². The molecule has 1 aliphatic carbocycles. The SMILES string of the molecule is COc1cc(N2CCC(N3CCN(C)CC3)CC2)ccc1Nc1ncc(Cl)c(Nc2ccccc2N(C)S(=O)(=O)C2CC2)n1. The van der Waals surface area contributed by atoms with E-state index in [0.29, 0.717) is 52.8 Å². The van der Waals surface area contributed by atoms with Gasteiger partial charge in [-0.25, -0.2) is 13.4 Å². The summed E-state index contributed by atoms with van der Waals surface area (Å²) in [6, 6.07) is 14.0. The Morgan fingerprint density at radius 1 is 0.955 bits per heavy atom. The number of para-hydroxylation sites is 2. The molecule has 0 amide bonds. The smallest absolute Gasteiger partial charge is 0.237 e. The number of sulfonamides is 1. The number of piperazine rings is 1. The van der Waals surface area contributed by atoms with Crippen molar-refractivity contribution < 1.29 is 13.2 Å². The number of rotatable bonds is 10. The number of methoxy groups -OCH3 is 1. The van der Waals surface area contributed by atoms with Gasteiger partial charge in [0.05, 0.1) is 35.6 Å². The molecule has 0 bridgehead atoms. The summed E-state index contributed by atoms with van der Waals surface area (Å²) in [4.78, 5) is 16.5. The van der Waals surface area contributed by atoms with Crippen LogP contribution in [-0.4, -0.2) is 100.0 Å². The lowest BCUT2D eigenvalue weighted by molar-refractivity contribution is 0.0982. The molecular formula is C31H41ClN8O3S. The molecule has 13 heteroatoms. The Balaban J connectivity index is 1.14. The molecule has 11 nitrogen and oxygen atoms in total. The largest absolute Gasteiger partial charge is 0.494 e. The van der Waals surface area contributed by atoms with Gasteiger partial charge >= 0.3 is 0 Å². The van der Waals surface area contributed by atoms with E-state index in [1.165, 1.54) is 10.5 Å². The first-order chi connectivity index (χ1) is 21.2. The summed E-state index contributed by atoms with van der Waals surface area (Å²) in [6.45, 7) is 6.64. The molecule has 2 aromatic carbocycles. The van der Waals surface area contributed by atoms with E-state index in [0.717, 1.165) is 63.5 Å². The fourth-order valence-corrected chi connectivity index (χ4v) is 7.75. The van der Waals surface area contributed by atoms with Crippen LogP contribution in [0.2, 0.25) is 5.02 Å². The number of likely N-dealkylation sites (N-methyl/N-ethyl adjacent to an activating group) is 1. The second-order valence-electron chi connectivity index (χ2n) is 11.8. The zero-order chi connectivity index (χ0) is 30.8. The normalized spacial score (nSPS) is 18.7. The molecule has 6 rings (SSSR count). The van der Waals surface area contributed by atoms with Crippen molar-refractivity contribution >= 4 is 56.1 Å². The first-order valence-electron chi connectivity index (χ1n) is 15.2. The van der Waals surface area contributed by atoms with E-state index in [1.54, 1.807) is 32.4 Å². The maximum absolute atomic E-state index is 12.9. The van der Waals surface area contributed by atoms with E-state index in [4.69, 9.17) is 16.3 Å². The van der Waals surface area contributed by atoms with Gasteiger partial charge in [-0.05, 0) is 57.0 Å². The molecule has 236 valence electrons. The molecular weight excluding hydrogens is 600 g/mol. The molecule has 3 heterocycles. The summed E-state index contributed by atoms with van der Waals surface area (Å²) in [5, 5.41) is 6.46. The highest BCUT2D eigenvalue weighted by atomic mass is 35.5. The average Bonchev–Trinajstić information content (AvgIpc) is 3.90. The lowest BCUT2D eigenvalue weighted by Gasteiger charge is -2.42. The Morgan fingerprint density at radius 3 is 2.39 bits per heavy atom. The van der Waals surface area contributed by atoms with Gasteiger partial charge in [0, 0.05) is 64.1 Å². The molecule has 2 N–H and O–H groups in total. The van der Waals surface area contributed by atoms with Gasteiger partial charge < -0.3 is 25.2 Å². The Labute approximate surface area is 265 Å². The zero-order valence-corrected chi connectivity index (χ0v) is 27.1. The van der Waals surface area contributed by atoms with Gasteiger partial charge in [-0.15, -0.1) is 0 Å². The van der Waals surface area contributed by atoms with E-state index < -0.39 is 10.0 Å². The predicted molar refractivity (Wildman–Crippen MR) is 178 cm³/mol. The second kappa shape index (κ2) is 13.0. The highest BCUT2D eigenvalue weighted by Crippen LogP contribution is 2.38. The number of hydrogen-bond acceptors (Lipinski definition) is 10. The lowest BCUT2D eigenvalue weighted by Crippen LogP contribution is -2.52. The van der Waals surface area contributed by atoms with Crippen LogP contribution in [0.3, 0.4) is 0 Å². The van der Waals surface area contributed by atoms with Crippen molar-refractivity contribution in [2.75, 3.05) is 80.3 Å². The number of nitrogens with zero attached hydrogens (tertiary/aromatic N) is 6. The number of hydrogen-bond donors (Lipinski definition) is 2. The van der Waals surface area contributed by atoms with Crippen LogP contribution in [0.5, 0.6) is 5.75 Å². The van der Waals surface area contributed by atoms with Gasteiger partial charge in [0.2, 0.25) is 16.0 Å². The summed E-state index contributed by atoms with van der Waals surface area (Å²) in [7, 11) is 2.01. The Kier molecular flexibility index (Phi) is 9.04. The minimum atomic E-state index is -3.43. The summed E-state index contributed by atoms with van der Waals surface area (Å²) in [5.74, 6) is 1.37. The molecule has 2 saturated heterocycles. The third-order valence-corrected chi connectivity index (χ3v) is 11.4. The highest BCUT2D eigenvalue weighted by Gasteiger charge is 2.39. The summed E-state index contributed by atoms with van der Waals surface area (Å²) < 4.78 is 32.9. The Morgan fingerprint density at radius 2 is 1.68 bits per heavy atom. The predicted octanol–water partition coefficient (Wildman–Crippen LogP) is 4.77. The quantitative estimate of drug-likeness (QED) is 0.322. The third kappa shape index (κ3) is 6.68. The summed E-state index contributed by atoms with van der Waals surface area (Å²) >= 11 is 6.48. The third-order valence-electron chi connectivity index (χ3n) is 8.88. The highest BCUT2D eigenvalue weighted by molar-refractivity contribution is 7.93. The topological polar surface area (TPSA) is 106 Å². The fraction of sp³-hybridized carbons (Fsp3) is 0.484. The van der Waals surface area contributed by atoms with Crippen LogP contribution >= 0.6 is 11.6 Å². The van der Waals surface area contributed by atoms with Gasteiger partial charge in [-0.1, -0.05) is 23.7 Å². The van der Waals surface area contributed by atoms with Crippen LogP contribution in [0.25, 0.3) is 0 Å². The standard InChI is InChI=1S/C31H41ClN8O3S/c1-37-16-18-40(19-17-37)22-12-14-39(15-13-22)23-8-11-27(29(20-23)43-3)35-31-33-21-25(32)30(36-31)34-26-6-4-5-7-28(26)38(2)44(41,42)24-9-10-24/h4-8,11,20-22,24H,9-10,12-19H2,1-3H3,(H2,33,34,35,36). The molecule has 2 aliphatic heterocycles. The number of ether oxygens (including phenoxy) is 1. The van der Waals surface area contributed by atoms with Crippen molar-refractivity contribution in [1.82, 2.24) is 19.8 Å². The van der Waals surface area contributed by atoms with E-state index >= 15 is 0 Å².